The van der Waals surface area contributed by atoms with E-state index in [-0.39, 0.29) is 17.6 Å². The van der Waals surface area contributed by atoms with Crippen molar-refractivity contribution in [2.24, 2.45) is 0 Å². The molecule has 2 aliphatic rings. The normalized spacial score (nSPS) is 17.3. The number of methoxy groups -OCH3 is 1. The van der Waals surface area contributed by atoms with Crippen LogP contribution in [-0.4, -0.2) is 45.1 Å². The van der Waals surface area contributed by atoms with Gasteiger partial charge in [0, 0.05) is 35.8 Å². The van der Waals surface area contributed by atoms with Gasteiger partial charge in [-0.15, -0.1) is 0 Å². The highest BCUT2D eigenvalue weighted by Gasteiger charge is 2.64. The zero-order chi connectivity index (χ0) is 29.2. The van der Waals surface area contributed by atoms with Crippen LogP contribution in [0.2, 0.25) is 5.02 Å². The maximum atomic E-state index is 14.5. The molecule has 3 aromatic heterocycles. The first-order chi connectivity index (χ1) is 19.6. The average Bonchev–Trinajstić information content (AvgIpc) is 3.54. The van der Waals surface area contributed by atoms with Crippen molar-refractivity contribution in [1.29, 1.82) is 0 Å². The van der Waals surface area contributed by atoms with Crippen molar-refractivity contribution in [3.05, 3.63) is 76.0 Å². The number of anilines is 2. The largest absolute Gasteiger partial charge is 0.496 e. The third-order valence-electron chi connectivity index (χ3n) is 7.51. The van der Waals surface area contributed by atoms with Crippen LogP contribution in [0.5, 0.6) is 11.6 Å². The van der Waals surface area contributed by atoms with Gasteiger partial charge in [0.1, 0.15) is 11.6 Å². The van der Waals surface area contributed by atoms with Crippen molar-refractivity contribution >= 4 is 34.8 Å². The van der Waals surface area contributed by atoms with Crippen molar-refractivity contribution in [2.75, 3.05) is 23.9 Å². The van der Waals surface area contributed by atoms with Crippen molar-refractivity contribution in [1.82, 2.24) is 19.5 Å². The molecule has 6 rings (SSSR count). The van der Waals surface area contributed by atoms with Gasteiger partial charge < -0.3 is 19.4 Å². The number of hydrogen-bond donors (Lipinski definition) is 1. The van der Waals surface area contributed by atoms with E-state index in [2.05, 4.69) is 15.3 Å². The number of amides is 2. The number of halogens is 1. The second-order valence-corrected chi connectivity index (χ2v) is 10.8. The van der Waals surface area contributed by atoms with Gasteiger partial charge in [-0.1, -0.05) is 23.7 Å². The second-order valence-electron chi connectivity index (χ2n) is 10.4. The molecule has 0 radical (unpaired) electrons. The fourth-order valence-corrected chi connectivity index (χ4v) is 6.00. The second kappa shape index (κ2) is 9.59. The SMILES string of the molecule is CCOc1cc(OC)c(-c2nc3c(n2C(C)C)C2(C(=O)Nc4cc(C)ccc42)N(c2cc(Cl)cnc2C)C3=O)cn1. The summed E-state index contributed by atoms with van der Waals surface area (Å²) in [6.07, 6.45) is 3.13. The molecule has 1 aromatic carbocycles. The molecule has 10 nitrogen and oxygen atoms in total. The van der Waals surface area contributed by atoms with Gasteiger partial charge in [0.25, 0.3) is 11.8 Å². The Hall–Kier alpha value is -4.44. The van der Waals surface area contributed by atoms with Crippen LogP contribution in [0.3, 0.4) is 0 Å². The fourth-order valence-electron chi connectivity index (χ4n) is 5.85. The van der Waals surface area contributed by atoms with Gasteiger partial charge in [-0.3, -0.25) is 19.5 Å². The van der Waals surface area contributed by atoms with Gasteiger partial charge in [-0.05, 0) is 52.3 Å². The summed E-state index contributed by atoms with van der Waals surface area (Å²) >= 11 is 6.38. The van der Waals surface area contributed by atoms with E-state index in [1.54, 1.807) is 32.4 Å². The van der Waals surface area contributed by atoms with Crippen molar-refractivity contribution < 1.29 is 19.1 Å². The number of carbonyl (C=O) groups is 2. The molecular formula is C30H29ClN6O4. The highest BCUT2D eigenvalue weighted by atomic mass is 35.5. The minimum Gasteiger partial charge on any atom is -0.496 e. The summed E-state index contributed by atoms with van der Waals surface area (Å²) in [6, 6.07) is 8.87. The molecule has 0 aliphatic carbocycles. The fraction of sp³-hybridized carbons (Fsp3) is 0.300. The highest BCUT2D eigenvalue weighted by molar-refractivity contribution is 6.31. The predicted molar refractivity (Wildman–Crippen MR) is 155 cm³/mol. The molecular weight excluding hydrogens is 544 g/mol. The lowest BCUT2D eigenvalue weighted by Gasteiger charge is -2.36. The lowest BCUT2D eigenvalue weighted by Crippen LogP contribution is -2.51. The number of aromatic nitrogens is 4. The number of imidazole rings is 1. The standard InChI is InChI=1S/C30H29ClN6O4/c1-7-41-24-12-23(40-6)19(14-33-24)27-35-25-26(36(27)15(2)3)30(20-9-8-16(4)10-21(20)34-29(30)39)37(28(25)38)22-11-18(31)13-32-17(22)5/h8-15H,7H2,1-6H3,(H,34,39). The first kappa shape index (κ1) is 26.8. The van der Waals surface area contributed by atoms with Gasteiger partial charge in [0.05, 0.1) is 41.4 Å². The predicted octanol–water partition coefficient (Wildman–Crippen LogP) is 5.45. The molecule has 1 spiro atoms. The Kier molecular flexibility index (Phi) is 6.26. The number of hydrogen-bond acceptors (Lipinski definition) is 7. The topological polar surface area (TPSA) is 111 Å². The lowest BCUT2D eigenvalue weighted by molar-refractivity contribution is -0.119. The number of carbonyl (C=O) groups excluding carboxylic acids is 2. The smallest absolute Gasteiger partial charge is 0.280 e. The molecule has 0 fully saturated rings. The number of rotatable bonds is 6. The van der Waals surface area contributed by atoms with E-state index >= 15 is 0 Å². The Bertz CT molecular complexity index is 1750. The van der Waals surface area contributed by atoms with Crippen LogP contribution >= 0.6 is 11.6 Å². The van der Waals surface area contributed by atoms with E-state index in [0.29, 0.717) is 63.0 Å². The molecule has 2 aliphatic heterocycles. The minimum atomic E-state index is -1.56. The maximum Gasteiger partial charge on any atom is 0.280 e. The molecule has 41 heavy (non-hydrogen) atoms. The molecule has 4 aromatic rings. The number of aryl methyl sites for hydroxylation is 2. The summed E-state index contributed by atoms with van der Waals surface area (Å²) in [6.45, 7) is 10.0. The molecule has 1 N–H and O–H groups in total. The van der Waals surface area contributed by atoms with E-state index in [0.717, 1.165) is 5.56 Å². The van der Waals surface area contributed by atoms with E-state index in [1.807, 2.05) is 50.5 Å². The van der Waals surface area contributed by atoms with E-state index in [4.69, 9.17) is 26.1 Å². The molecule has 2 amide bonds. The number of nitrogens with one attached hydrogen (secondary N) is 1. The van der Waals surface area contributed by atoms with Gasteiger partial charge in [-0.2, -0.15) is 0 Å². The summed E-state index contributed by atoms with van der Waals surface area (Å²) in [7, 11) is 1.55. The monoisotopic (exact) mass is 572 g/mol. The Morgan fingerprint density at radius 2 is 1.88 bits per heavy atom. The van der Waals surface area contributed by atoms with Gasteiger partial charge in [0.15, 0.2) is 11.2 Å². The van der Waals surface area contributed by atoms with Crippen molar-refractivity contribution in [3.63, 3.8) is 0 Å². The lowest BCUT2D eigenvalue weighted by atomic mass is 9.86. The first-order valence-corrected chi connectivity index (χ1v) is 13.7. The summed E-state index contributed by atoms with van der Waals surface area (Å²) in [5.74, 6) is 0.544. The summed E-state index contributed by atoms with van der Waals surface area (Å²) in [4.78, 5) is 44.1. The van der Waals surface area contributed by atoms with Gasteiger partial charge in [0.2, 0.25) is 5.88 Å². The Balaban J connectivity index is 1.70. The average molecular weight is 573 g/mol. The molecule has 0 bridgehead atoms. The van der Waals surface area contributed by atoms with E-state index in [9.17, 15) is 9.59 Å². The summed E-state index contributed by atoms with van der Waals surface area (Å²) in [5, 5.41) is 3.39. The van der Waals surface area contributed by atoms with E-state index < -0.39 is 11.4 Å². The van der Waals surface area contributed by atoms with Crippen LogP contribution < -0.4 is 19.7 Å². The van der Waals surface area contributed by atoms with Crippen LogP contribution in [0.15, 0.2) is 42.7 Å². The van der Waals surface area contributed by atoms with Gasteiger partial charge >= 0.3 is 0 Å². The summed E-state index contributed by atoms with van der Waals surface area (Å²) in [5.41, 5.74) is 2.86. The zero-order valence-corrected chi connectivity index (χ0v) is 24.3. The van der Waals surface area contributed by atoms with Crippen LogP contribution in [0, 0.1) is 13.8 Å². The van der Waals surface area contributed by atoms with E-state index in [1.165, 1.54) is 11.1 Å². The molecule has 11 heteroatoms. The Morgan fingerprint density at radius 3 is 2.59 bits per heavy atom. The first-order valence-electron chi connectivity index (χ1n) is 13.3. The maximum absolute atomic E-state index is 14.5. The molecule has 0 saturated carbocycles. The summed E-state index contributed by atoms with van der Waals surface area (Å²) < 4.78 is 13.2. The molecule has 210 valence electrons. The van der Waals surface area contributed by atoms with Crippen molar-refractivity contribution in [2.45, 2.75) is 46.2 Å². The van der Waals surface area contributed by atoms with Crippen molar-refractivity contribution in [3.8, 4) is 23.0 Å². The molecule has 1 atom stereocenters. The van der Waals surface area contributed by atoms with Gasteiger partial charge in [-0.25, -0.2) is 9.97 Å². The number of pyridine rings is 2. The number of fused-ring (bicyclic) bond motifs is 4. The number of ether oxygens (including phenoxy) is 2. The highest BCUT2D eigenvalue weighted by Crippen LogP contribution is 2.55. The van der Waals surface area contributed by atoms with Crippen LogP contribution in [0.4, 0.5) is 11.4 Å². The number of benzene rings is 1. The van der Waals surface area contributed by atoms with Crippen LogP contribution in [0.25, 0.3) is 11.4 Å². The molecule has 0 saturated heterocycles. The quantitative estimate of drug-likeness (QED) is 0.327. The van der Waals surface area contributed by atoms with Crippen LogP contribution in [0.1, 0.15) is 59.8 Å². The third-order valence-corrected chi connectivity index (χ3v) is 7.72. The minimum absolute atomic E-state index is 0.160. The Morgan fingerprint density at radius 1 is 1.10 bits per heavy atom. The molecule has 5 heterocycles. The Labute approximate surface area is 242 Å². The number of nitrogens with zero attached hydrogens (tertiary/aromatic N) is 5. The van der Waals surface area contributed by atoms with Crippen LogP contribution in [-0.2, 0) is 10.3 Å². The zero-order valence-electron chi connectivity index (χ0n) is 23.6. The third kappa shape index (κ3) is 3.73. The molecule has 1 unspecified atom stereocenters.